The Morgan fingerprint density at radius 1 is 1.10 bits per heavy atom. The first-order valence-electron chi connectivity index (χ1n) is 9.49. The first-order valence-corrected chi connectivity index (χ1v) is 10.9. The predicted octanol–water partition coefficient (Wildman–Crippen LogP) is 2.94. The van der Waals surface area contributed by atoms with E-state index in [9.17, 15) is 14.0 Å². The summed E-state index contributed by atoms with van der Waals surface area (Å²) >= 11 is 7.44. The van der Waals surface area contributed by atoms with E-state index in [-0.39, 0.29) is 29.8 Å². The molecule has 1 heterocycles. The van der Waals surface area contributed by atoms with Crippen LogP contribution in [0.2, 0.25) is 5.02 Å². The maximum atomic E-state index is 12.9. The van der Waals surface area contributed by atoms with Gasteiger partial charge in [-0.15, -0.1) is 10.2 Å². The number of carbonyl (C=O) groups is 2. The van der Waals surface area contributed by atoms with Crippen molar-refractivity contribution in [3.63, 3.8) is 0 Å². The van der Waals surface area contributed by atoms with Crippen LogP contribution >= 0.6 is 23.4 Å². The second-order valence-corrected chi connectivity index (χ2v) is 8.06. The fraction of sp³-hybridized carbons (Fsp3) is 0.238. The molecule has 0 unspecified atom stereocenters. The Morgan fingerprint density at radius 3 is 2.52 bits per heavy atom. The average Bonchev–Trinajstić information content (AvgIpc) is 3.22. The maximum Gasteiger partial charge on any atom is 0.230 e. The van der Waals surface area contributed by atoms with Crippen molar-refractivity contribution >= 4 is 35.2 Å². The third-order valence-electron chi connectivity index (χ3n) is 4.33. The van der Waals surface area contributed by atoms with E-state index in [0.717, 1.165) is 16.8 Å². The fourth-order valence-corrected chi connectivity index (χ4v) is 3.60. The number of carbonyl (C=O) groups excluding carboxylic acids is 2. The molecule has 3 aromatic rings. The molecule has 0 saturated heterocycles. The second kappa shape index (κ2) is 10.9. The van der Waals surface area contributed by atoms with Gasteiger partial charge in [0, 0.05) is 18.1 Å². The van der Waals surface area contributed by atoms with E-state index in [2.05, 4.69) is 20.8 Å². The molecule has 0 spiro atoms. The SMILES string of the molecule is Cc1ccc(-n2cnnc2SCC(=O)NCCNC(=O)Cc2ccc(F)cc2)cc1Cl. The molecule has 7 nitrogen and oxygen atoms in total. The van der Waals surface area contributed by atoms with Crippen LogP contribution in [0.4, 0.5) is 4.39 Å². The Hall–Kier alpha value is -2.91. The van der Waals surface area contributed by atoms with Crippen molar-refractivity contribution in [3.8, 4) is 5.69 Å². The van der Waals surface area contributed by atoms with Crippen LogP contribution in [0.3, 0.4) is 0 Å². The number of benzene rings is 2. The Labute approximate surface area is 188 Å². The van der Waals surface area contributed by atoms with Gasteiger partial charge in [-0.2, -0.15) is 0 Å². The van der Waals surface area contributed by atoms with Gasteiger partial charge in [0.1, 0.15) is 12.1 Å². The highest BCUT2D eigenvalue weighted by molar-refractivity contribution is 7.99. The Balaban J connectivity index is 1.39. The summed E-state index contributed by atoms with van der Waals surface area (Å²) in [6.07, 6.45) is 1.72. The molecule has 31 heavy (non-hydrogen) atoms. The smallest absolute Gasteiger partial charge is 0.230 e. The standard InChI is InChI=1S/C21H21ClFN5O2S/c1-14-2-7-17(11-18(14)22)28-13-26-27-21(28)31-12-20(30)25-9-8-24-19(29)10-15-3-5-16(23)6-4-15/h2-7,11,13H,8-10,12H2,1H3,(H,24,29)(H,25,30). The summed E-state index contributed by atoms with van der Waals surface area (Å²) in [6.45, 7) is 2.52. The number of nitrogens with one attached hydrogen (secondary N) is 2. The van der Waals surface area contributed by atoms with Gasteiger partial charge in [-0.3, -0.25) is 14.2 Å². The van der Waals surface area contributed by atoms with E-state index < -0.39 is 0 Å². The molecular weight excluding hydrogens is 441 g/mol. The van der Waals surface area contributed by atoms with Crippen LogP contribution in [0.5, 0.6) is 0 Å². The monoisotopic (exact) mass is 461 g/mol. The molecule has 1 aromatic heterocycles. The van der Waals surface area contributed by atoms with Crippen LogP contribution in [0.25, 0.3) is 5.69 Å². The normalized spacial score (nSPS) is 10.7. The molecule has 0 fully saturated rings. The van der Waals surface area contributed by atoms with Crippen LogP contribution in [0, 0.1) is 12.7 Å². The first kappa shape index (κ1) is 22.8. The Morgan fingerprint density at radius 2 is 1.81 bits per heavy atom. The molecule has 0 bridgehead atoms. The van der Waals surface area contributed by atoms with E-state index in [0.29, 0.717) is 23.3 Å². The number of aromatic nitrogens is 3. The average molecular weight is 462 g/mol. The van der Waals surface area contributed by atoms with Crippen molar-refractivity contribution in [3.05, 3.63) is 70.8 Å². The molecule has 0 aliphatic heterocycles. The highest BCUT2D eigenvalue weighted by Crippen LogP contribution is 2.23. The number of halogens is 2. The van der Waals surface area contributed by atoms with Gasteiger partial charge in [0.15, 0.2) is 5.16 Å². The van der Waals surface area contributed by atoms with Crippen molar-refractivity contribution in [2.75, 3.05) is 18.8 Å². The quantitative estimate of drug-likeness (QED) is 0.378. The third kappa shape index (κ3) is 6.80. The number of aryl methyl sites for hydroxylation is 1. The van der Waals surface area contributed by atoms with Gasteiger partial charge in [0.25, 0.3) is 0 Å². The van der Waals surface area contributed by atoms with Crippen molar-refractivity contribution in [2.45, 2.75) is 18.5 Å². The van der Waals surface area contributed by atoms with Gasteiger partial charge in [-0.05, 0) is 42.3 Å². The minimum atomic E-state index is -0.342. The highest BCUT2D eigenvalue weighted by atomic mass is 35.5. The topological polar surface area (TPSA) is 88.9 Å². The lowest BCUT2D eigenvalue weighted by atomic mass is 10.1. The molecule has 0 aliphatic rings. The molecule has 0 saturated carbocycles. The van der Waals surface area contributed by atoms with E-state index in [1.165, 1.54) is 23.9 Å². The summed E-state index contributed by atoms with van der Waals surface area (Å²) in [5.41, 5.74) is 2.50. The lowest BCUT2D eigenvalue weighted by Gasteiger charge is -2.09. The molecule has 10 heteroatoms. The molecule has 162 valence electrons. The van der Waals surface area contributed by atoms with Gasteiger partial charge in [0.05, 0.1) is 17.9 Å². The third-order valence-corrected chi connectivity index (χ3v) is 5.68. The van der Waals surface area contributed by atoms with Crippen LogP contribution in [-0.2, 0) is 16.0 Å². The van der Waals surface area contributed by atoms with Gasteiger partial charge in [-0.1, -0.05) is 41.6 Å². The van der Waals surface area contributed by atoms with Crippen molar-refractivity contribution < 1.29 is 14.0 Å². The van der Waals surface area contributed by atoms with E-state index in [1.807, 2.05) is 25.1 Å². The zero-order valence-electron chi connectivity index (χ0n) is 16.8. The molecule has 0 atom stereocenters. The van der Waals surface area contributed by atoms with Gasteiger partial charge in [-0.25, -0.2) is 4.39 Å². The number of thioether (sulfide) groups is 1. The molecule has 2 amide bonds. The summed E-state index contributed by atoms with van der Waals surface area (Å²) in [5, 5.41) is 14.6. The van der Waals surface area contributed by atoms with Gasteiger partial charge >= 0.3 is 0 Å². The van der Waals surface area contributed by atoms with Crippen molar-refractivity contribution in [1.82, 2.24) is 25.4 Å². The zero-order valence-corrected chi connectivity index (χ0v) is 18.3. The van der Waals surface area contributed by atoms with Crippen LogP contribution in [-0.4, -0.2) is 45.4 Å². The maximum absolute atomic E-state index is 12.9. The fourth-order valence-electron chi connectivity index (χ4n) is 2.67. The Kier molecular flexibility index (Phi) is 8.02. The number of hydrogen-bond acceptors (Lipinski definition) is 5. The summed E-state index contributed by atoms with van der Waals surface area (Å²) in [5.74, 6) is -0.568. The first-order chi connectivity index (χ1) is 14.9. The molecular formula is C21H21ClFN5O2S. The number of amides is 2. The summed E-state index contributed by atoms with van der Waals surface area (Å²) < 4.78 is 14.6. The number of nitrogens with zero attached hydrogens (tertiary/aromatic N) is 3. The van der Waals surface area contributed by atoms with E-state index in [4.69, 9.17) is 11.6 Å². The molecule has 3 rings (SSSR count). The van der Waals surface area contributed by atoms with Crippen LogP contribution in [0.15, 0.2) is 53.9 Å². The lowest BCUT2D eigenvalue weighted by Crippen LogP contribution is -2.36. The van der Waals surface area contributed by atoms with Gasteiger partial charge < -0.3 is 10.6 Å². The van der Waals surface area contributed by atoms with Crippen LogP contribution in [0.1, 0.15) is 11.1 Å². The Bertz CT molecular complexity index is 1060. The van der Waals surface area contributed by atoms with Gasteiger partial charge in [0.2, 0.25) is 11.8 Å². The highest BCUT2D eigenvalue weighted by Gasteiger charge is 2.11. The number of hydrogen-bond donors (Lipinski definition) is 2. The van der Waals surface area contributed by atoms with Crippen molar-refractivity contribution in [2.24, 2.45) is 0 Å². The van der Waals surface area contributed by atoms with Crippen molar-refractivity contribution in [1.29, 1.82) is 0 Å². The molecule has 2 N–H and O–H groups in total. The van der Waals surface area contributed by atoms with E-state index in [1.54, 1.807) is 23.0 Å². The predicted molar refractivity (Wildman–Crippen MR) is 118 cm³/mol. The largest absolute Gasteiger partial charge is 0.354 e. The lowest BCUT2D eigenvalue weighted by molar-refractivity contribution is -0.121. The molecule has 0 radical (unpaired) electrons. The minimum absolute atomic E-state index is 0.155. The number of rotatable bonds is 9. The van der Waals surface area contributed by atoms with E-state index >= 15 is 0 Å². The second-order valence-electron chi connectivity index (χ2n) is 6.71. The van der Waals surface area contributed by atoms with Crippen LogP contribution < -0.4 is 10.6 Å². The summed E-state index contributed by atoms with van der Waals surface area (Å²) in [6, 6.07) is 11.4. The molecule has 2 aromatic carbocycles. The minimum Gasteiger partial charge on any atom is -0.354 e. The summed E-state index contributed by atoms with van der Waals surface area (Å²) in [7, 11) is 0. The zero-order chi connectivity index (χ0) is 22.2. The summed E-state index contributed by atoms with van der Waals surface area (Å²) in [4.78, 5) is 24.0. The molecule has 0 aliphatic carbocycles.